The quantitative estimate of drug-likeness (QED) is 0.932. The predicted octanol–water partition coefficient (Wildman–Crippen LogP) is 1.96. The molecule has 0 radical (unpaired) electrons. The molecule has 3 heterocycles. The van der Waals surface area contributed by atoms with E-state index in [1.165, 1.54) is 11.3 Å². The van der Waals surface area contributed by atoms with Gasteiger partial charge >= 0.3 is 0 Å². The fourth-order valence-corrected chi connectivity index (χ4v) is 2.75. The number of amides is 1. The Morgan fingerprint density at radius 1 is 1.45 bits per heavy atom. The van der Waals surface area contributed by atoms with Crippen molar-refractivity contribution in [1.29, 1.82) is 0 Å². The summed E-state index contributed by atoms with van der Waals surface area (Å²) >= 11 is 1.40. The monoisotopic (exact) mass is 293 g/mol. The highest BCUT2D eigenvalue weighted by Gasteiger charge is 2.21. The maximum Gasteiger partial charge on any atom is 0.261 e. The van der Waals surface area contributed by atoms with E-state index in [1.54, 1.807) is 6.07 Å². The van der Waals surface area contributed by atoms with Crippen molar-refractivity contribution >= 4 is 17.2 Å². The highest BCUT2D eigenvalue weighted by Crippen LogP contribution is 2.24. The number of carbonyl (C=O) groups excluding carboxylic acids is 1. The van der Waals surface area contributed by atoms with Gasteiger partial charge in [-0.2, -0.15) is 4.98 Å². The molecule has 2 aromatic rings. The van der Waals surface area contributed by atoms with Gasteiger partial charge < -0.3 is 14.6 Å². The predicted molar refractivity (Wildman–Crippen MR) is 72.6 cm³/mol. The second-order valence-electron chi connectivity index (χ2n) is 4.59. The SMILES string of the molecule is O=C(NCc1nc(C2CCOCC2)no1)c1cccs1. The van der Waals surface area contributed by atoms with Gasteiger partial charge in [-0.25, -0.2) is 0 Å². The van der Waals surface area contributed by atoms with E-state index in [0.717, 1.165) is 26.1 Å². The van der Waals surface area contributed by atoms with Crippen LogP contribution in [0.4, 0.5) is 0 Å². The van der Waals surface area contributed by atoms with Crippen LogP contribution in [-0.2, 0) is 11.3 Å². The summed E-state index contributed by atoms with van der Waals surface area (Å²) < 4.78 is 10.5. The van der Waals surface area contributed by atoms with Crippen molar-refractivity contribution in [2.24, 2.45) is 0 Å². The first kappa shape index (κ1) is 13.3. The lowest BCUT2D eigenvalue weighted by atomic mass is 10.00. The molecule has 106 valence electrons. The number of aromatic nitrogens is 2. The normalized spacial score (nSPS) is 16.2. The molecule has 7 heteroatoms. The molecule has 1 aliphatic rings. The molecule has 0 bridgehead atoms. The van der Waals surface area contributed by atoms with E-state index in [1.807, 2.05) is 11.4 Å². The third-order valence-electron chi connectivity index (χ3n) is 3.22. The summed E-state index contributed by atoms with van der Waals surface area (Å²) in [7, 11) is 0. The summed E-state index contributed by atoms with van der Waals surface area (Å²) in [4.78, 5) is 16.8. The third kappa shape index (κ3) is 3.05. The van der Waals surface area contributed by atoms with Crippen molar-refractivity contribution in [3.05, 3.63) is 34.1 Å². The molecule has 1 N–H and O–H groups in total. The van der Waals surface area contributed by atoms with Gasteiger partial charge in [0, 0.05) is 19.1 Å². The Bertz CT molecular complexity index is 561. The summed E-state index contributed by atoms with van der Waals surface area (Å²) in [5.41, 5.74) is 0. The smallest absolute Gasteiger partial charge is 0.261 e. The van der Waals surface area contributed by atoms with Gasteiger partial charge in [0.05, 0.1) is 11.4 Å². The highest BCUT2D eigenvalue weighted by atomic mass is 32.1. The maximum absolute atomic E-state index is 11.8. The van der Waals surface area contributed by atoms with Gasteiger partial charge in [0.1, 0.15) is 0 Å². The van der Waals surface area contributed by atoms with E-state index >= 15 is 0 Å². The molecule has 0 spiro atoms. The number of rotatable bonds is 4. The summed E-state index contributed by atoms with van der Waals surface area (Å²) in [5.74, 6) is 1.34. The standard InChI is InChI=1S/C13H15N3O3S/c17-13(10-2-1-7-20-10)14-8-11-15-12(16-19-11)9-3-5-18-6-4-9/h1-2,7,9H,3-6,8H2,(H,14,17). The van der Waals surface area contributed by atoms with Crippen molar-refractivity contribution in [3.8, 4) is 0 Å². The van der Waals surface area contributed by atoms with Gasteiger partial charge in [-0.05, 0) is 24.3 Å². The Morgan fingerprint density at radius 2 is 2.30 bits per heavy atom. The van der Waals surface area contributed by atoms with E-state index in [0.29, 0.717) is 22.5 Å². The summed E-state index contributed by atoms with van der Waals surface area (Å²) in [5, 5.41) is 8.62. The Morgan fingerprint density at radius 3 is 3.05 bits per heavy atom. The lowest BCUT2D eigenvalue weighted by molar-refractivity contribution is 0.0830. The number of carbonyl (C=O) groups is 1. The Hall–Kier alpha value is -1.73. The Balaban J connectivity index is 1.56. The van der Waals surface area contributed by atoms with Gasteiger partial charge in [-0.3, -0.25) is 4.79 Å². The lowest BCUT2D eigenvalue weighted by Crippen LogP contribution is -2.22. The Labute approximate surface area is 120 Å². The zero-order valence-corrected chi connectivity index (χ0v) is 11.7. The molecule has 0 aromatic carbocycles. The molecular formula is C13H15N3O3S. The minimum Gasteiger partial charge on any atom is -0.381 e. The number of thiophene rings is 1. The van der Waals surface area contributed by atoms with E-state index < -0.39 is 0 Å². The first-order chi connectivity index (χ1) is 9.83. The highest BCUT2D eigenvalue weighted by molar-refractivity contribution is 7.12. The van der Waals surface area contributed by atoms with Crippen LogP contribution in [0.2, 0.25) is 0 Å². The van der Waals surface area contributed by atoms with Crippen LogP contribution in [-0.4, -0.2) is 29.3 Å². The summed E-state index contributed by atoms with van der Waals surface area (Å²) in [6.45, 7) is 1.74. The van der Waals surface area contributed by atoms with Crippen molar-refractivity contribution < 1.29 is 14.1 Å². The second-order valence-corrected chi connectivity index (χ2v) is 5.54. The first-order valence-electron chi connectivity index (χ1n) is 6.55. The molecule has 3 rings (SSSR count). The fourth-order valence-electron chi connectivity index (χ4n) is 2.11. The summed E-state index contributed by atoms with van der Waals surface area (Å²) in [6, 6.07) is 3.62. The van der Waals surface area contributed by atoms with Gasteiger partial charge in [-0.15, -0.1) is 11.3 Å². The minimum atomic E-state index is -0.120. The van der Waals surface area contributed by atoms with E-state index in [2.05, 4.69) is 15.5 Å². The molecule has 2 aromatic heterocycles. The molecule has 1 amide bonds. The van der Waals surface area contributed by atoms with Gasteiger partial charge in [0.25, 0.3) is 5.91 Å². The van der Waals surface area contributed by atoms with E-state index in [4.69, 9.17) is 9.26 Å². The van der Waals surface area contributed by atoms with E-state index in [-0.39, 0.29) is 12.5 Å². The average Bonchev–Trinajstić information content (AvgIpc) is 3.17. The minimum absolute atomic E-state index is 0.120. The van der Waals surface area contributed by atoms with Crippen molar-refractivity contribution in [3.63, 3.8) is 0 Å². The lowest BCUT2D eigenvalue weighted by Gasteiger charge is -2.18. The molecule has 1 fully saturated rings. The molecule has 0 saturated carbocycles. The molecule has 1 aliphatic heterocycles. The fraction of sp³-hybridized carbons (Fsp3) is 0.462. The van der Waals surface area contributed by atoms with Crippen LogP contribution in [0.3, 0.4) is 0 Å². The Kier molecular flexibility index (Phi) is 4.08. The number of ether oxygens (including phenoxy) is 1. The van der Waals surface area contributed by atoms with Crippen LogP contribution < -0.4 is 5.32 Å². The number of nitrogens with one attached hydrogen (secondary N) is 1. The van der Waals surface area contributed by atoms with Gasteiger partial charge in [0.2, 0.25) is 5.89 Å². The van der Waals surface area contributed by atoms with E-state index in [9.17, 15) is 4.79 Å². The second kappa shape index (κ2) is 6.15. The molecular weight excluding hydrogens is 278 g/mol. The number of hydrogen-bond acceptors (Lipinski definition) is 6. The van der Waals surface area contributed by atoms with Crippen molar-refractivity contribution in [2.45, 2.75) is 25.3 Å². The molecule has 0 aliphatic carbocycles. The van der Waals surface area contributed by atoms with Crippen LogP contribution in [0.25, 0.3) is 0 Å². The molecule has 0 unspecified atom stereocenters. The topological polar surface area (TPSA) is 77.2 Å². The van der Waals surface area contributed by atoms with Crippen LogP contribution in [0, 0.1) is 0 Å². The van der Waals surface area contributed by atoms with Crippen LogP contribution in [0.1, 0.15) is 40.1 Å². The molecule has 6 nitrogen and oxygen atoms in total. The average molecular weight is 293 g/mol. The first-order valence-corrected chi connectivity index (χ1v) is 7.43. The van der Waals surface area contributed by atoms with Crippen LogP contribution in [0.15, 0.2) is 22.0 Å². The zero-order chi connectivity index (χ0) is 13.8. The van der Waals surface area contributed by atoms with Crippen LogP contribution >= 0.6 is 11.3 Å². The van der Waals surface area contributed by atoms with Crippen molar-refractivity contribution in [1.82, 2.24) is 15.5 Å². The van der Waals surface area contributed by atoms with Gasteiger partial charge in [-0.1, -0.05) is 11.2 Å². The number of nitrogens with zero attached hydrogens (tertiary/aromatic N) is 2. The maximum atomic E-state index is 11.8. The molecule has 20 heavy (non-hydrogen) atoms. The largest absolute Gasteiger partial charge is 0.381 e. The van der Waals surface area contributed by atoms with Crippen molar-refractivity contribution in [2.75, 3.05) is 13.2 Å². The third-order valence-corrected chi connectivity index (χ3v) is 4.08. The zero-order valence-electron chi connectivity index (χ0n) is 10.9. The molecule has 1 saturated heterocycles. The van der Waals surface area contributed by atoms with Gasteiger partial charge in [0.15, 0.2) is 5.82 Å². The van der Waals surface area contributed by atoms with Crippen LogP contribution in [0.5, 0.6) is 0 Å². The summed E-state index contributed by atoms with van der Waals surface area (Å²) in [6.07, 6.45) is 1.83. The molecule has 0 atom stereocenters. The number of hydrogen-bond donors (Lipinski definition) is 1.